The van der Waals surface area contributed by atoms with Gasteiger partial charge in [-0.2, -0.15) is 0 Å². The van der Waals surface area contributed by atoms with Gasteiger partial charge in [0.1, 0.15) is 11.5 Å². The lowest BCUT2D eigenvalue weighted by atomic mass is 9.81. The second-order valence-electron chi connectivity index (χ2n) is 11.0. The molecule has 186 valence electrons. The SMILES string of the molecule is Cc1cc(CCN2CCN(C(=O)Oc3ccc(C(=O)NC(C)(C)CC(C)(C)C)cc3)CC2)on1. The summed E-state index contributed by atoms with van der Waals surface area (Å²) in [6.07, 6.45) is 1.29. The van der Waals surface area contributed by atoms with Gasteiger partial charge in [0, 0.05) is 56.3 Å². The highest BCUT2D eigenvalue weighted by Gasteiger charge is 2.27. The van der Waals surface area contributed by atoms with Crippen LogP contribution in [0.15, 0.2) is 34.9 Å². The summed E-state index contributed by atoms with van der Waals surface area (Å²) >= 11 is 0. The quantitative estimate of drug-likeness (QED) is 0.650. The second kappa shape index (κ2) is 10.6. The van der Waals surface area contributed by atoms with Crippen LogP contribution in [0.5, 0.6) is 5.75 Å². The fourth-order valence-corrected chi connectivity index (χ4v) is 4.55. The van der Waals surface area contributed by atoms with Crippen LogP contribution < -0.4 is 10.1 Å². The van der Waals surface area contributed by atoms with Gasteiger partial charge in [-0.1, -0.05) is 25.9 Å². The first-order valence-corrected chi connectivity index (χ1v) is 11.9. The van der Waals surface area contributed by atoms with Gasteiger partial charge in [-0.3, -0.25) is 9.69 Å². The molecule has 1 aromatic carbocycles. The zero-order chi connectivity index (χ0) is 24.9. The van der Waals surface area contributed by atoms with Gasteiger partial charge in [0.05, 0.1) is 5.69 Å². The predicted octanol–water partition coefficient (Wildman–Crippen LogP) is 4.29. The maximum Gasteiger partial charge on any atom is 0.415 e. The molecule has 0 atom stereocenters. The lowest BCUT2D eigenvalue weighted by Gasteiger charge is -2.33. The van der Waals surface area contributed by atoms with Crippen molar-refractivity contribution in [2.75, 3.05) is 32.7 Å². The molecule has 1 aromatic heterocycles. The number of carbonyl (C=O) groups is 2. The van der Waals surface area contributed by atoms with E-state index in [0.717, 1.165) is 43.9 Å². The van der Waals surface area contributed by atoms with Gasteiger partial charge in [0.15, 0.2) is 0 Å². The second-order valence-corrected chi connectivity index (χ2v) is 11.0. The standard InChI is InChI=1S/C26H38N4O4/c1-19-17-22(34-28-19)11-12-29-13-15-30(16-14-29)24(32)33-21-9-7-20(8-10-21)23(31)27-26(5,6)18-25(2,3)4/h7-10,17H,11-16,18H2,1-6H3,(H,27,31). The first-order chi connectivity index (χ1) is 15.9. The van der Waals surface area contributed by atoms with Crippen LogP contribution in [0.25, 0.3) is 0 Å². The summed E-state index contributed by atoms with van der Waals surface area (Å²) in [5.74, 6) is 1.18. The zero-order valence-corrected chi connectivity index (χ0v) is 21.3. The van der Waals surface area contributed by atoms with Gasteiger partial charge in [0.25, 0.3) is 5.91 Å². The van der Waals surface area contributed by atoms with Crippen molar-refractivity contribution >= 4 is 12.0 Å². The van der Waals surface area contributed by atoms with Gasteiger partial charge >= 0.3 is 6.09 Å². The maximum absolute atomic E-state index is 12.7. The minimum atomic E-state index is -0.367. The third-order valence-electron chi connectivity index (χ3n) is 5.73. The van der Waals surface area contributed by atoms with Gasteiger partial charge in [-0.25, -0.2) is 4.79 Å². The normalized spacial score (nSPS) is 15.3. The van der Waals surface area contributed by atoms with Crippen LogP contribution >= 0.6 is 0 Å². The molecule has 1 aliphatic rings. The van der Waals surface area contributed by atoms with Crippen LogP contribution in [0, 0.1) is 12.3 Å². The molecule has 3 rings (SSSR count). The number of benzene rings is 1. The topological polar surface area (TPSA) is 87.9 Å². The number of rotatable bonds is 7. The van der Waals surface area contributed by atoms with E-state index in [2.05, 4.69) is 36.1 Å². The number of ether oxygens (including phenoxy) is 1. The highest BCUT2D eigenvalue weighted by atomic mass is 16.6. The van der Waals surface area contributed by atoms with Crippen molar-refractivity contribution < 1.29 is 18.8 Å². The number of nitrogens with one attached hydrogen (secondary N) is 1. The monoisotopic (exact) mass is 470 g/mol. The average molecular weight is 471 g/mol. The van der Waals surface area contributed by atoms with Crippen LogP contribution in [0.4, 0.5) is 4.79 Å². The lowest BCUT2D eigenvalue weighted by Crippen LogP contribution is -2.49. The van der Waals surface area contributed by atoms with E-state index in [1.54, 1.807) is 29.2 Å². The Morgan fingerprint density at radius 1 is 1.06 bits per heavy atom. The minimum Gasteiger partial charge on any atom is -0.410 e. The van der Waals surface area contributed by atoms with E-state index in [1.165, 1.54) is 0 Å². The summed E-state index contributed by atoms with van der Waals surface area (Å²) in [5, 5.41) is 7.01. The molecule has 8 nitrogen and oxygen atoms in total. The molecule has 1 N–H and O–H groups in total. The Kier molecular flexibility index (Phi) is 8.02. The van der Waals surface area contributed by atoms with Gasteiger partial charge in [-0.15, -0.1) is 0 Å². The van der Waals surface area contributed by atoms with E-state index in [4.69, 9.17) is 9.26 Å². The molecule has 0 saturated carbocycles. The first kappa shape index (κ1) is 25.7. The zero-order valence-electron chi connectivity index (χ0n) is 21.3. The number of aryl methyl sites for hydroxylation is 1. The minimum absolute atomic E-state index is 0.107. The predicted molar refractivity (Wildman–Crippen MR) is 131 cm³/mol. The van der Waals surface area contributed by atoms with Crippen molar-refractivity contribution in [1.82, 2.24) is 20.3 Å². The van der Waals surface area contributed by atoms with Crippen LogP contribution in [0.1, 0.15) is 62.9 Å². The summed E-state index contributed by atoms with van der Waals surface area (Å²) in [7, 11) is 0. The highest BCUT2D eigenvalue weighted by Crippen LogP contribution is 2.27. The fraction of sp³-hybridized carbons (Fsp3) is 0.577. The summed E-state index contributed by atoms with van der Waals surface area (Å²) in [6, 6.07) is 8.66. The molecule has 0 unspecified atom stereocenters. The van der Waals surface area contributed by atoms with Crippen LogP contribution in [-0.4, -0.2) is 65.2 Å². The Morgan fingerprint density at radius 3 is 2.26 bits per heavy atom. The number of aromatic nitrogens is 1. The van der Waals surface area contributed by atoms with E-state index in [9.17, 15) is 9.59 Å². The maximum atomic E-state index is 12.7. The van der Waals surface area contributed by atoms with Crippen molar-refractivity contribution in [3.05, 3.63) is 47.3 Å². The summed E-state index contributed by atoms with van der Waals surface area (Å²) in [6.45, 7) is 16.1. The Balaban J connectivity index is 1.44. The summed E-state index contributed by atoms with van der Waals surface area (Å²) < 4.78 is 10.8. The Bertz CT molecular complexity index is 967. The molecule has 2 amide bonds. The average Bonchev–Trinajstić information content (AvgIpc) is 3.16. The van der Waals surface area contributed by atoms with Crippen LogP contribution in [0.2, 0.25) is 0 Å². The molecule has 2 heterocycles. The number of amides is 2. The Morgan fingerprint density at radius 2 is 1.71 bits per heavy atom. The van der Waals surface area contributed by atoms with Crippen molar-refractivity contribution in [3.8, 4) is 5.75 Å². The van der Waals surface area contributed by atoms with Crippen molar-refractivity contribution in [3.63, 3.8) is 0 Å². The number of hydrogen-bond acceptors (Lipinski definition) is 6. The number of carbonyl (C=O) groups excluding carboxylic acids is 2. The molecular weight excluding hydrogens is 432 g/mol. The molecule has 0 bridgehead atoms. The fourth-order valence-electron chi connectivity index (χ4n) is 4.55. The molecule has 1 fully saturated rings. The Hall–Kier alpha value is -2.87. The molecule has 1 aliphatic heterocycles. The van der Waals surface area contributed by atoms with E-state index in [0.29, 0.717) is 24.4 Å². The molecule has 0 radical (unpaired) electrons. The van der Waals surface area contributed by atoms with Crippen LogP contribution in [-0.2, 0) is 6.42 Å². The van der Waals surface area contributed by atoms with Crippen LogP contribution in [0.3, 0.4) is 0 Å². The molecule has 0 aliphatic carbocycles. The van der Waals surface area contributed by atoms with Crippen molar-refractivity contribution in [2.24, 2.45) is 5.41 Å². The molecule has 8 heteroatoms. The number of piperazine rings is 1. The largest absolute Gasteiger partial charge is 0.415 e. The van der Waals surface area contributed by atoms with Gasteiger partial charge < -0.3 is 19.5 Å². The van der Waals surface area contributed by atoms with Crippen molar-refractivity contribution in [1.29, 1.82) is 0 Å². The van der Waals surface area contributed by atoms with Gasteiger partial charge in [0.2, 0.25) is 0 Å². The van der Waals surface area contributed by atoms with E-state index in [1.807, 2.05) is 26.8 Å². The molecule has 34 heavy (non-hydrogen) atoms. The first-order valence-electron chi connectivity index (χ1n) is 11.9. The van der Waals surface area contributed by atoms with E-state index < -0.39 is 0 Å². The van der Waals surface area contributed by atoms with Crippen molar-refractivity contribution in [2.45, 2.75) is 59.9 Å². The lowest BCUT2D eigenvalue weighted by molar-refractivity contribution is 0.0891. The Labute approximate surface area is 202 Å². The third-order valence-corrected chi connectivity index (χ3v) is 5.73. The molecule has 2 aromatic rings. The smallest absolute Gasteiger partial charge is 0.410 e. The molecule has 0 spiro atoms. The van der Waals surface area contributed by atoms with Gasteiger partial charge in [-0.05, 0) is 56.9 Å². The number of hydrogen-bond donors (Lipinski definition) is 1. The summed E-state index contributed by atoms with van der Waals surface area (Å²) in [5.41, 5.74) is 1.21. The molecule has 1 saturated heterocycles. The summed E-state index contributed by atoms with van der Waals surface area (Å²) in [4.78, 5) is 29.3. The molecular formula is C26H38N4O4. The van der Waals surface area contributed by atoms with E-state index >= 15 is 0 Å². The number of nitrogens with zero attached hydrogens (tertiary/aromatic N) is 3. The third kappa shape index (κ3) is 7.87. The highest BCUT2D eigenvalue weighted by molar-refractivity contribution is 5.94. The van der Waals surface area contributed by atoms with E-state index in [-0.39, 0.29) is 23.0 Å².